The molecule has 0 aromatic carbocycles. The molecule has 1 fully saturated rings. The fraction of sp³-hybridized carbons (Fsp3) is 0.423. The normalized spacial score (nSPS) is 15.3. The molecular weight excluding hydrogens is 526 g/mol. The highest BCUT2D eigenvalue weighted by molar-refractivity contribution is 9.10. The van der Waals surface area contributed by atoms with E-state index in [0.29, 0.717) is 37.3 Å². The molecule has 4 rings (SSSR count). The van der Waals surface area contributed by atoms with Crippen LogP contribution in [0.5, 0.6) is 0 Å². The second-order valence-electron chi connectivity index (χ2n) is 9.40. The van der Waals surface area contributed by atoms with E-state index in [2.05, 4.69) is 42.5 Å². The van der Waals surface area contributed by atoms with Crippen LogP contribution in [0.4, 0.5) is 0 Å². The fourth-order valence-corrected chi connectivity index (χ4v) is 5.53. The third-order valence-corrected chi connectivity index (χ3v) is 7.50. The number of H-pyrrole nitrogens is 1. The average Bonchev–Trinajstić information content (AvgIpc) is 3.21. The predicted octanol–water partition coefficient (Wildman–Crippen LogP) is 2.44. The summed E-state index contributed by atoms with van der Waals surface area (Å²) in [7, 11) is 0. The number of hydrogen-bond acceptors (Lipinski definition) is 5. The Morgan fingerprint density at radius 3 is 2.47 bits per heavy atom. The number of piperazine rings is 1. The molecule has 192 valence electrons. The molecule has 10 heteroatoms. The second kappa shape index (κ2) is 10.6. The SMILES string of the molecule is Cc1cc(C)c(CNC(=O)c2cc3cc(Br)cn3c(C(C)N3CCN(C(=O)CO)CC3)c2C)c(=O)[nH]1. The minimum absolute atomic E-state index is 0.0203. The highest BCUT2D eigenvalue weighted by Gasteiger charge is 2.28. The molecule has 1 unspecified atom stereocenters. The molecule has 3 aromatic rings. The number of fused-ring (bicyclic) bond motifs is 1. The van der Waals surface area contributed by atoms with E-state index in [-0.39, 0.29) is 30.0 Å². The third-order valence-electron chi connectivity index (χ3n) is 7.07. The lowest BCUT2D eigenvalue weighted by Crippen LogP contribution is -2.50. The van der Waals surface area contributed by atoms with Crippen molar-refractivity contribution >= 4 is 33.3 Å². The molecule has 1 atom stereocenters. The molecule has 0 aliphatic carbocycles. The van der Waals surface area contributed by atoms with Crippen LogP contribution < -0.4 is 10.9 Å². The van der Waals surface area contributed by atoms with Crippen LogP contribution in [0, 0.1) is 20.8 Å². The van der Waals surface area contributed by atoms with Gasteiger partial charge in [0.1, 0.15) is 6.61 Å². The first-order valence-corrected chi connectivity index (χ1v) is 12.8. The van der Waals surface area contributed by atoms with Crippen molar-refractivity contribution in [2.75, 3.05) is 32.8 Å². The number of aliphatic hydroxyl groups is 1. The largest absolute Gasteiger partial charge is 0.387 e. The van der Waals surface area contributed by atoms with Crippen molar-refractivity contribution in [3.8, 4) is 0 Å². The lowest BCUT2D eigenvalue weighted by molar-refractivity contribution is -0.136. The molecule has 0 saturated carbocycles. The van der Waals surface area contributed by atoms with Gasteiger partial charge in [0.2, 0.25) is 5.91 Å². The Hall–Kier alpha value is -2.95. The summed E-state index contributed by atoms with van der Waals surface area (Å²) in [6, 6.07) is 5.72. The van der Waals surface area contributed by atoms with Crippen LogP contribution in [0.25, 0.3) is 5.52 Å². The number of aromatic amines is 1. The zero-order valence-corrected chi connectivity index (χ0v) is 22.6. The Labute approximate surface area is 218 Å². The van der Waals surface area contributed by atoms with Crippen molar-refractivity contribution in [1.29, 1.82) is 0 Å². The first kappa shape index (κ1) is 26.1. The molecular formula is C26H32BrN5O4. The van der Waals surface area contributed by atoms with Gasteiger partial charge in [0.25, 0.3) is 11.5 Å². The number of aryl methyl sites for hydroxylation is 2. The van der Waals surface area contributed by atoms with E-state index in [1.807, 2.05) is 45.2 Å². The topological polar surface area (TPSA) is 110 Å². The van der Waals surface area contributed by atoms with E-state index in [1.165, 1.54) is 0 Å². The molecule has 2 amide bonds. The average molecular weight is 558 g/mol. The lowest BCUT2D eigenvalue weighted by atomic mass is 10.00. The van der Waals surface area contributed by atoms with Gasteiger partial charge in [-0.1, -0.05) is 0 Å². The Morgan fingerprint density at radius 1 is 1.14 bits per heavy atom. The standard InChI is InChI=1S/C26H32BrN5O4/c1-15-9-16(2)29-26(36)22(15)12-28-25(35)21-11-20-10-19(27)13-32(20)24(17(21)3)18(4)30-5-7-31(8-6-30)23(34)14-33/h9-11,13,18,33H,5-8,12,14H2,1-4H3,(H,28,35)(H,29,36). The van der Waals surface area contributed by atoms with Gasteiger partial charge in [0.15, 0.2) is 0 Å². The summed E-state index contributed by atoms with van der Waals surface area (Å²) < 4.78 is 3.01. The van der Waals surface area contributed by atoms with Crippen molar-refractivity contribution in [2.45, 2.75) is 40.3 Å². The summed E-state index contributed by atoms with van der Waals surface area (Å²) in [4.78, 5) is 44.4. The van der Waals surface area contributed by atoms with E-state index in [0.717, 1.165) is 32.5 Å². The Balaban J connectivity index is 1.63. The maximum atomic E-state index is 13.4. The number of halogens is 1. The molecule has 1 aliphatic rings. The number of carbonyl (C=O) groups excluding carboxylic acids is 2. The Kier molecular flexibility index (Phi) is 7.67. The Morgan fingerprint density at radius 2 is 1.83 bits per heavy atom. The number of carbonyl (C=O) groups is 2. The zero-order valence-electron chi connectivity index (χ0n) is 21.0. The number of rotatable bonds is 6. The summed E-state index contributed by atoms with van der Waals surface area (Å²) in [5, 5.41) is 12.1. The van der Waals surface area contributed by atoms with Crippen LogP contribution in [-0.4, -0.2) is 68.9 Å². The molecule has 1 saturated heterocycles. The summed E-state index contributed by atoms with van der Waals surface area (Å²) in [5.74, 6) is -0.491. The maximum absolute atomic E-state index is 13.4. The molecule has 4 heterocycles. The first-order valence-electron chi connectivity index (χ1n) is 12.0. The van der Waals surface area contributed by atoms with Gasteiger partial charge in [-0.25, -0.2) is 0 Å². The molecule has 0 bridgehead atoms. The molecule has 9 nitrogen and oxygen atoms in total. The van der Waals surface area contributed by atoms with Crippen LogP contribution in [0.15, 0.2) is 33.7 Å². The van der Waals surface area contributed by atoms with Gasteiger partial charge in [-0.3, -0.25) is 19.3 Å². The lowest BCUT2D eigenvalue weighted by Gasteiger charge is -2.38. The van der Waals surface area contributed by atoms with Crippen molar-refractivity contribution in [1.82, 2.24) is 24.5 Å². The van der Waals surface area contributed by atoms with Crippen molar-refractivity contribution in [3.05, 3.63) is 72.9 Å². The van der Waals surface area contributed by atoms with Gasteiger partial charge in [-0.15, -0.1) is 0 Å². The molecule has 1 aliphatic heterocycles. The Bertz CT molecular complexity index is 1370. The summed E-state index contributed by atoms with van der Waals surface area (Å²) in [6.45, 7) is 9.85. The minimum Gasteiger partial charge on any atom is -0.387 e. The summed E-state index contributed by atoms with van der Waals surface area (Å²) in [5.41, 5.74) is 5.28. The van der Waals surface area contributed by atoms with E-state index in [1.54, 1.807) is 4.90 Å². The van der Waals surface area contributed by atoms with Gasteiger partial charge in [-0.2, -0.15) is 0 Å². The number of aromatic nitrogens is 2. The van der Waals surface area contributed by atoms with E-state index < -0.39 is 6.61 Å². The summed E-state index contributed by atoms with van der Waals surface area (Å²) in [6.07, 6.45) is 2.00. The second-order valence-corrected chi connectivity index (χ2v) is 10.3. The van der Waals surface area contributed by atoms with Crippen molar-refractivity contribution < 1.29 is 14.7 Å². The van der Waals surface area contributed by atoms with Crippen LogP contribution in [0.3, 0.4) is 0 Å². The highest BCUT2D eigenvalue weighted by atomic mass is 79.9. The van der Waals surface area contributed by atoms with Crippen molar-refractivity contribution in [3.63, 3.8) is 0 Å². The van der Waals surface area contributed by atoms with Crippen LogP contribution in [-0.2, 0) is 11.3 Å². The number of nitrogens with zero attached hydrogens (tertiary/aromatic N) is 3. The van der Waals surface area contributed by atoms with Crippen LogP contribution >= 0.6 is 15.9 Å². The number of aliphatic hydroxyl groups excluding tert-OH is 1. The number of nitrogens with one attached hydrogen (secondary N) is 2. The monoisotopic (exact) mass is 557 g/mol. The van der Waals surface area contributed by atoms with Gasteiger partial charge < -0.3 is 24.7 Å². The minimum atomic E-state index is -0.474. The third kappa shape index (κ3) is 5.11. The molecule has 0 spiro atoms. The van der Waals surface area contributed by atoms with Gasteiger partial charge in [-0.05, 0) is 73.0 Å². The first-order chi connectivity index (χ1) is 17.1. The molecule has 3 N–H and O–H groups in total. The summed E-state index contributed by atoms with van der Waals surface area (Å²) >= 11 is 3.56. The van der Waals surface area contributed by atoms with Crippen LogP contribution in [0.2, 0.25) is 0 Å². The van der Waals surface area contributed by atoms with E-state index >= 15 is 0 Å². The van der Waals surface area contributed by atoms with Crippen molar-refractivity contribution in [2.24, 2.45) is 0 Å². The highest BCUT2D eigenvalue weighted by Crippen LogP contribution is 2.30. The predicted molar refractivity (Wildman–Crippen MR) is 141 cm³/mol. The molecule has 36 heavy (non-hydrogen) atoms. The maximum Gasteiger partial charge on any atom is 0.253 e. The van der Waals surface area contributed by atoms with Crippen LogP contribution in [0.1, 0.15) is 51.4 Å². The quantitative estimate of drug-likeness (QED) is 0.431. The van der Waals surface area contributed by atoms with E-state index in [9.17, 15) is 14.4 Å². The smallest absolute Gasteiger partial charge is 0.253 e. The van der Waals surface area contributed by atoms with Gasteiger partial charge in [0.05, 0.1) is 0 Å². The van der Waals surface area contributed by atoms with Gasteiger partial charge >= 0.3 is 0 Å². The number of pyridine rings is 2. The number of amides is 2. The van der Waals surface area contributed by atoms with Gasteiger partial charge in [0, 0.05) is 77.5 Å². The fourth-order valence-electron chi connectivity index (χ4n) is 5.09. The zero-order chi connectivity index (χ0) is 26.1. The molecule has 0 radical (unpaired) electrons. The van der Waals surface area contributed by atoms with E-state index in [4.69, 9.17) is 5.11 Å². The number of hydrogen-bond donors (Lipinski definition) is 3. The molecule has 3 aromatic heterocycles.